The van der Waals surface area contributed by atoms with Crippen molar-refractivity contribution in [2.75, 3.05) is 13.2 Å². The van der Waals surface area contributed by atoms with Crippen molar-refractivity contribution in [3.63, 3.8) is 0 Å². The van der Waals surface area contributed by atoms with E-state index in [0.29, 0.717) is 12.8 Å². The second-order valence-electron chi connectivity index (χ2n) is 3.37. The third-order valence-corrected chi connectivity index (χ3v) is 3.14. The molecule has 0 heterocycles. The third kappa shape index (κ3) is 3.65. The van der Waals surface area contributed by atoms with Crippen LogP contribution in [0.25, 0.3) is 0 Å². The number of amides is 1. The predicted molar refractivity (Wildman–Crippen MR) is 51.3 cm³/mol. The molecule has 88 valence electrons. The molecule has 0 saturated heterocycles. The number of hydrogen-bond acceptors (Lipinski definition) is 5. The van der Waals surface area contributed by atoms with Gasteiger partial charge in [-0.2, -0.15) is 13.1 Å². The van der Waals surface area contributed by atoms with Crippen LogP contribution in [0.1, 0.15) is 19.8 Å². The molecular weight excluding hydrogens is 224 g/mol. The number of aliphatic hydroxyl groups excluding tert-OH is 1. The van der Waals surface area contributed by atoms with Crippen LogP contribution < -0.4 is 9.44 Å². The second-order valence-corrected chi connectivity index (χ2v) is 4.78. The van der Waals surface area contributed by atoms with E-state index in [0.717, 1.165) is 0 Å². The highest BCUT2D eigenvalue weighted by Crippen LogP contribution is 2.34. The Kier molecular flexibility index (Phi) is 3.53. The lowest BCUT2D eigenvalue weighted by molar-refractivity contribution is 0.158. The minimum atomic E-state index is -3.94. The molecule has 7 nitrogen and oxygen atoms in total. The number of carbonyl (C=O) groups is 1. The van der Waals surface area contributed by atoms with Crippen LogP contribution in [0.2, 0.25) is 0 Å². The van der Waals surface area contributed by atoms with Gasteiger partial charge in [0.25, 0.3) is 0 Å². The van der Waals surface area contributed by atoms with Crippen molar-refractivity contribution in [2.45, 2.75) is 25.3 Å². The van der Waals surface area contributed by atoms with E-state index in [-0.39, 0.29) is 13.2 Å². The van der Waals surface area contributed by atoms with Gasteiger partial charge in [-0.1, -0.05) is 0 Å². The average molecular weight is 238 g/mol. The molecule has 0 spiro atoms. The molecule has 3 N–H and O–H groups in total. The summed E-state index contributed by atoms with van der Waals surface area (Å²) in [5.74, 6) is 0. The third-order valence-electron chi connectivity index (χ3n) is 2.00. The summed E-state index contributed by atoms with van der Waals surface area (Å²) in [5.41, 5.74) is -0.793. The van der Waals surface area contributed by atoms with Gasteiger partial charge in [0.2, 0.25) is 0 Å². The average Bonchev–Trinajstić information content (AvgIpc) is 2.83. The van der Waals surface area contributed by atoms with Crippen LogP contribution in [0.5, 0.6) is 0 Å². The summed E-state index contributed by atoms with van der Waals surface area (Å²) in [7, 11) is -3.94. The summed E-state index contributed by atoms with van der Waals surface area (Å²) in [5, 5.41) is 8.89. The van der Waals surface area contributed by atoms with Gasteiger partial charge in [-0.3, -0.25) is 0 Å². The minimum Gasteiger partial charge on any atom is -0.449 e. The molecule has 1 rings (SSSR count). The Labute approximate surface area is 88.0 Å². The smallest absolute Gasteiger partial charge is 0.421 e. The van der Waals surface area contributed by atoms with Crippen molar-refractivity contribution < 1.29 is 23.1 Å². The standard InChI is InChI=1S/C7H14N2O5S/c1-2-14-6(11)8-15(12,13)9-7(5-10)3-4-7/h9-10H,2-5H2,1H3,(H,8,11). The molecule has 1 fully saturated rings. The fourth-order valence-electron chi connectivity index (χ4n) is 1.02. The zero-order chi connectivity index (χ0) is 11.5. The quantitative estimate of drug-likeness (QED) is 0.575. The monoisotopic (exact) mass is 238 g/mol. The SMILES string of the molecule is CCOC(=O)NS(=O)(=O)NC1(CO)CC1. The number of ether oxygens (including phenoxy) is 1. The molecule has 0 aromatic rings. The second kappa shape index (κ2) is 4.33. The van der Waals surface area contributed by atoms with Crippen LogP contribution in [0.15, 0.2) is 0 Å². The Morgan fingerprint density at radius 2 is 2.13 bits per heavy atom. The minimum absolute atomic E-state index is 0.0898. The first-order valence-corrected chi connectivity index (χ1v) is 6.01. The van der Waals surface area contributed by atoms with Crippen LogP contribution in [-0.4, -0.2) is 38.4 Å². The van der Waals surface area contributed by atoms with E-state index in [1.165, 1.54) is 0 Å². The molecule has 1 saturated carbocycles. The topological polar surface area (TPSA) is 105 Å². The highest BCUT2D eigenvalue weighted by atomic mass is 32.2. The fourth-order valence-corrected chi connectivity index (χ4v) is 2.19. The number of rotatable bonds is 5. The summed E-state index contributed by atoms with van der Waals surface area (Å²) in [6.45, 7) is 1.37. The maximum atomic E-state index is 11.3. The lowest BCUT2D eigenvalue weighted by Gasteiger charge is -2.14. The molecule has 0 radical (unpaired) electrons. The molecule has 0 unspecified atom stereocenters. The van der Waals surface area contributed by atoms with E-state index in [4.69, 9.17) is 5.11 Å². The first kappa shape index (κ1) is 12.2. The molecule has 0 aromatic carbocycles. The van der Waals surface area contributed by atoms with E-state index in [1.54, 1.807) is 11.6 Å². The molecule has 15 heavy (non-hydrogen) atoms. The number of nitrogens with one attached hydrogen (secondary N) is 2. The first-order valence-electron chi connectivity index (χ1n) is 4.52. The van der Waals surface area contributed by atoms with Crippen LogP contribution in [-0.2, 0) is 14.9 Å². The Morgan fingerprint density at radius 3 is 2.53 bits per heavy atom. The highest BCUT2D eigenvalue weighted by Gasteiger charge is 2.45. The molecule has 1 aliphatic carbocycles. The Bertz CT molecular complexity index is 335. The van der Waals surface area contributed by atoms with Gasteiger partial charge < -0.3 is 9.84 Å². The van der Waals surface area contributed by atoms with Crippen LogP contribution in [0.4, 0.5) is 4.79 Å². The number of aliphatic hydroxyl groups is 1. The molecule has 0 aromatic heterocycles. The zero-order valence-electron chi connectivity index (χ0n) is 8.32. The molecular formula is C7H14N2O5S. The van der Waals surface area contributed by atoms with Crippen LogP contribution in [0.3, 0.4) is 0 Å². The Hall–Kier alpha value is -0.860. The zero-order valence-corrected chi connectivity index (χ0v) is 9.13. The summed E-state index contributed by atoms with van der Waals surface area (Å²) in [6, 6.07) is 0. The Balaban J connectivity index is 2.49. The lowest BCUT2D eigenvalue weighted by atomic mass is 10.3. The van der Waals surface area contributed by atoms with Gasteiger partial charge in [0.05, 0.1) is 18.8 Å². The predicted octanol–water partition coefficient (Wildman–Crippen LogP) is -0.908. The molecule has 0 aliphatic heterocycles. The maximum Gasteiger partial charge on any atom is 0.421 e. The molecule has 8 heteroatoms. The van der Waals surface area contributed by atoms with Gasteiger partial charge in [-0.05, 0) is 19.8 Å². The first-order chi connectivity index (χ1) is 6.93. The molecule has 0 bridgehead atoms. The van der Waals surface area contributed by atoms with E-state index < -0.39 is 21.8 Å². The molecule has 0 atom stereocenters. The van der Waals surface area contributed by atoms with Crippen molar-refractivity contribution in [3.05, 3.63) is 0 Å². The normalized spacial score (nSPS) is 18.3. The van der Waals surface area contributed by atoms with Crippen molar-refractivity contribution in [2.24, 2.45) is 0 Å². The number of hydrogen-bond donors (Lipinski definition) is 3. The van der Waals surface area contributed by atoms with Gasteiger partial charge in [0, 0.05) is 0 Å². The molecule has 1 amide bonds. The lowest BCUT2D eigenvalue weighted by Crippen LogP contribution is -2.48. The number of carbonyl (C=O) groups excluding carboxylic acids is 1. The van der Waals surface area contributed by atoms with Crippen LogP contribution in [0, 0.1) is 0 Å². The maximum absolute atomic E-state index is 11.3. The van der Waals surface area contributed by atoms with Gasteiger partial charge in [0.15, 0.2) is 0 Å². The van der Waals surface area contributed by atoms with Crippen molar-refractivity contribution in [3.8, 4) is 0 Å². The van der Waals surface area contributed by atoms with Gasteiger partial charge in [-0.15, -0.1) is 0 Å². The highest BCUT2D eigenvalue weighted by molar-refractivity contribution is 7.88. The summed E-state index contributed by atoms with van der Waals surface area (Å²) < 4.78 is 30.9. The van der Waals surface area contributed by atoms with E-state index >= 15 is 0 Å². The molecule has 1 aliphatic rings. The van der Waals surface area contributed by atoms with E-state index in [1.807, 2.05) is 0 Å². The van der Waals surface area contributed by atoms with Gasteiger partial charge in [-0.25, -0.2) is 9.52 Å². The van der Waals surface area contributed by atoms with Gasteiger partial charge in [0.1, 0.15) is 0 Å². The van der Waals surface area contributed by atoms with Crippen LogP contribution >= 0.6 is 0 Å². The largest absolute Gasteiger partial charge is 0.449 e. The van der Waals surface area contributed by atoms with Crippen molar-refractivity contribution >= 4 is 16.3 Å². The van der Waals surface area contributed by atoms with Gasteiger partial charge >= 0.3 is 16.3 Å². The fraction of sp³-hybridized carbons (Fsp3) is 0.857. The summed E-state index contributed by atoms with van der Waals surface area (Å²) in [6.07, 6.45) is 0.0965. The van der Waals surface area contributed by atoms with E-state index in [9.17, 15) is 13.2 Å². The summed E-state index contributed by atoms with van der Waals surface area (Å²) in [4.78, 5) is 10.8. The Morgan fingerprint density at radius 1 is 1.53 bits per heavy atom. The summed E-state index contributed by atoms with van der Waals surface area (Å²) >= 11 is 0. The van der Waals surface area contributed by atoms with Crippen molar-refractivity contribution in [1.29, 1.82) is 0 Å². The van der Waals surface area contributed by atoms with Crippen molar-refractivity contribution in [1.82, 2.24) is 9.44 Å². The van der Waals surface area contributed by atoms with E-state index in [2.05, 4.69) is 9.46 Å².